The molecule has 0 heterocycles. The van der Waals surface area contributed by atoms with Crippen molar-refractivity contribution in [1.82, 2.24) is 5.48 Å². The summed E-state index contributed by atoms with van der Waals surface area (Å²) in [5.74, 6) is -0.0800. The van der Waals surface area contributed by atoms with Crippen LogP contribution in [0.5, 0.6) is 0 Å². The van der Waals surface area contributed by atoms with Crippen molar-refractivity contribution in [2.75, 3.05) is 19.8 Å². The van der Waals surface area contributed by atoms with Crippen LogP contribution in [0.1, 0.15) is 46.5 Å². The molecule has 0 spiro atoms. The second-order valence-corrected chi connectivity index (χ2v) is 6.15. The fourth-order valence-electron chi connectivity index (χ4n) is 1.30. The second kappa shape index (κ2) is 13.1. The summed E-state index contributed by atoms with van der Waals surface area (Å²) in [4.78, 5) is 5.12. The van der Waals surface area contributed by atoms with Gasteiger partial charge in [-0.1, -0.05) is 33.3 Å². The molecule has 0 saturated carbocycles. The molecular weight excluding hydrogens is 246 g/mol. The van der Waals surface area contributed by atoms with Crippen LogP contribution in [0.15, 0.2) is 11.9 Å². The van der Waals surface area contributed by atoms with Crippen molar-refractivity contribution in [1.29, 1.82) is 0 Å². The molecule has 0 aliphatic heterocycles. The summed E-state index contributed by atoms with van der Waals surface area (Å²) in [5, 5.41) is 0.926. The average Bonchev–Trinajstić information content (AvgIpc) is 2.36. The van der Waals surface area contributed by atoms with E-state index >= 15 is 0 Å². The summed E-state index contributed by atoms with van der Waals surface area (Å²) < 4.78 is 11.5. The Bertz CT molecular complexity index is 193. The van der Waals surface area contributed by atoms with E-state index in [9.17, 15) is 0 Å². The van der Waals surface area contributed by atoms with Gasteiger partial charge in [-0.25, -0.2) is 0 Å². The number of rotatable bonds is 13. The highest BCUT2D eigenvalue weighted by atomic mass is 28.2. The third kappa shape index (κ3) is 10.8. The van der Waals surface area contributed by atoms with Gasteiger partial charge in [0.05, 0.1) is 6.61 Å². The smallest absolute Gasteiger partial charge is 0.144 e. The standard InChI is InChI=1S/C13H29NO3Si/c1-5-8-10-15-13(16-11-9-6-2)18-12(4)14-17-7-3/h13-14H,4-11,18H2,1-3H3. The molecule has 0 aromatic rings. The number of nitrogens with one attached hydrogen (secondary N) is 1. The van der Waals surface area contributed by atoms with Gasteiger partial charge in [0.25, 0.3) is 0 Å². The maximum absolute atomic E-state index is 5.76. The lowest BCUT2D eigenvalue weighted by atomic mass is 10.4. The van der Waals surface area contributed by atoms with E-state index in [1.54, 1.807) is 0 Å². The topological polar surface area (TPSA) is 39.7 Å². The first-order valence-electron chi connectivity index (χ1n) is 7.03. The van der Waals surface area contributed by atoms with E-state index in [1.165, 1.54) is 0 Å². The molecule has 0 amide bonds. The number of hydroxylamine groups is 1. The van der Waals surface area contributed by atoms with Crippen LogP contribution in [-0.4, -0.2) is 35.3 Å². The first-order chi connectivity index (χ1) is 8.74. The molecule has 0 aliphatic carbocycles. The monoisotopic (exact) mass is 275 g/mol. The molecule has 0 aromatic heterocycles. The van der Waals surface area contributed by atoms with Crippen molar-refractivity contribution < 1.29 is 14.3 Å². The Morgan fingerprint density at radius 1 is 1.11 bits per heavy atom. The summed E-state index contributed by atoms with van der Waals surface area (Å²) in [6.45, 7) is 12.4. The van der Waals surface area contributed by atoms with E-state index in [0.717, 1.165) is 44.2 Å². The lowest BCUT2D eigenvalue weighted by molar-refractivity contribution is -0.0919. The Morgan fingerprint density at radius 3 is 2.11 bits per heavy atom. The Labute approximate surface area is 114 Å². The lowest BCUT2D eigenvalue weighted by Crippen LogP contribution is -2.31. The van der Waals surface area contributed by atoms with Gasteiger partial charge in [-0.05, 0) is 19.8 Å². The van der Waals surface area contributed by atoms with Crippen LogP contribution < -0.4 is 5.48 Å². The predicted molar refractivity (Wildman–Crippen MR) is 78.0 cm³/mol. The molecule has 5 heteroatoms. The van der Waals surface area contributed by atoms with E-state index in [0.29, 0.717) is 6.61 Å². The average molecular weight is 275 g/mol. The van der Waals surface area contributed by atoms with Crippen LogP contribution in [0.2, 0.25) is 0 Å². The molecule has 1 N–H and O–H groups in total. The van der Waals surface area contributed by atoms with Gasteiger partial charge in [-0.2, -0.15) is 0 Å². The molecule has 4 nitrogen and oxygen atoms in total. The number of ether oxygens (including phenoxy) is 2. The molecule has 0 atom stereocenters. The first-order valence-corrected chi connectivity index (χ1v) is 8.55. The molecule has 0 saturated heterocycles. The SMILES string of the molecule is C=C(NOCC)[SiH2]C(OCCCC)OCCCC. The Morgan fingerprint density at radius 2 is 1.67 bits per heavy atom. The molecule has 0 bridgehead atoms. The van der Waals surface area contributed by atoms with Crippen molar-refractivity contribution in [3.63, 3.8) is 0 Å². The van der Waals surface area contributed by atoms with E-state index in [2.05, 4.69) is 25.9 Å². The van der Waals surface area contributed by atoms with E-state index in [4.69, 9.17) is 14.3 Å². The van der Waals surface area contributed by atoms with Crippen molar-refractivity contribution >= 4 is 9.52 Å². The van der Waals surface area contributed by atoms with Gasteiger partial charge in [0.1, 0.15) is 15.4 Å². The summed E-state index contributed by atoms with van der Waals surface area (Å²) in [5.41, 5.74) is 2.85. The molecular formula is C13H29NO3Si. The minimum atomic E-state index is -0.702. The Kier molecular flexibility index (Phi) is 12.8. The summed E-state index contributed by atoms with van der Waals surface area (Å²) in [7, 11) is -0.702. The van der Waals surface area contributed by atoms with Crippen molar-refractivity contribution in [3.05, 3.63) is 11.9 Å². The Hall–Kier alpha value is -0.363. The normalized spacial score (nSPS) is 11.6. The zero-order valence-electron chi connectivity index (χ0n) is 12.2. The highest BCUT2D eigenvalue weighted by Gasteiger charge is 2.12. The summed E-state index contributed by atoms with van der Waals surface area (Å²) >= 11 is 0. The predicted octanol–water partition coefficient (Wildman–Crippen LogP) is 2.08. The van der Waals surface area contributed by atoms with Crippen molar-refractivity contribution in [2.45, 2.75) is 52.4 Å². The Balaban J connectivity index is 3.89. The van der Waals surface area contributed by atoms with E-state index in [-0.39, 0.29) is 5.91 Å². The van der Waals surface area contributed by atoms with Gasteiger partial charge >= 0.3 is 0 Å². The molecule has 0 radical (unpaired) electrons. The van der Waals surface area contributed by atoms with E-state index in [1.807, 2.05) is 6.92 Å². The van der Waals surface area contributed by atoms with Crippen LogP contribution in [-0.2, 0) is 14.3 Å². The highest BCUT2D eigenvalue weighted by molar-refractivity contribution is 6.45. The van der Waals surface area contributed by atoms with Gasteiger partial charge in [-0.3, -0.25) is 10.3 Å². The number of hydrogen-bond acceptors (Lipinski definition) is 4. The first kappa shape index (κ1) is 17.6. The molecule has 0 rings (SSSR count). The molecule has 0 fully saturated rings. The fourth-order valence-corrected chi connectivity index (χ4v) is 2.46. The van der Waals surface area contributed by atoms with Gasteiger partial charge < -0.3 is 9.47 Å². The van der Waals surface area contributed by atoms with Crippen LogP contribution in [0.3, 0.4) is 0 Å². The minimum Gasteiger partial charge on any atom is -0.357 e. The fraction of sp³-hybridized carbons (Fsp3) is 0.846. The molecule has 0 aromatic carbocycles. The van der Waals surface area contributed by atoms with Gasteiger partial charge in [0, 0.05) is 18.5 Å². The van der Waals surface area contributed by atoms with Gasteiger partial charge in [0.2, 0.25) is 0 Å². The molecule has 0 unspecified atom stereocenters. The molecule has 108 valence electrons. The van der Waals surface area contributed by atoms with Crippen LogP contribution in [0, 0.1) is 0 Å². The number of hydrogen-bond donors (Lipinski definition) is 1. The maximum Gasteiger partial charge on any atom is 0.144 e. The zero-order valence-corrected chi connectivity index (χ0v) is 13.6. The van der Waals surface area contributed by atoms with Crippen LogP contribution >= 0.6 is 0 Å². The zero-order chi connectivity index (χ0) is 13.6. The largest absolute Gasteiger partial charge is 0.357 e. The van der Waals surface area contributed by atoms with Crippen molar-refractivity contribution in [2.24, 2.45) is 0 Å². The minimum absolute atomic E-state index is 0.0800. The summed E-state index contributed by atoms with van der Waals surface area (Å²) in [6.07, 6.45) is 4.43. The third-order valence-electron chi connectivity index (χ3n) is 2.38. The summed E-state index contributed by atoms with van der Waals surface area (Å²) in [6, 6.07) is 0. The van der Waals surface area contributed by atoms with Crippen molar-refractivity contribution in [3.8, 4) is 0 Å². The van der Waals surface area contributed by atoms with Gasteiger partial charge in [0.15, 0.2) is 0 Å². The van der Waals surface area contributed by atoms with Crippen LogP contribution in [0.25, 0.3) is 0 Å². The van der Waals surface area contributed by atoms with Gasteiger partial charge in [-0.15, -0.1) is 0 Å². The number of unbranched alkanes of at least 4 members (excludes halogenated alkanes) is 2. The van der Waals surface area contributed by atoms with E-state index < -0.39 is 9.52 Å². The lowest BCUT2D eigenvalue weighted by Gasteiger charge is -2.19. The molecule has 18 heavy (non-hydrogen) atoms. The highest BCUT2D eigenvalue weighted by Crippen LogP contribution is 2.02. The second-order valence-electron chi connectivity index (χ2n) is 4.22. The van der Waals surface area contributed by atoms with Crippen LogP contribution in [0.4, 0.5) is 0 Å². The molecule has 0 aliphatic rings. The third-order valence-corrected chi connectivity index (χ3v) is 3.82. The maximum atomic E-state index is 5.76. The quantitative estimate of drug-likeness (QED) is 0.242.